The summed E-state index contributed by atoms with van der Waals surface area (Å²) in [6.45, 7) is 0.0906. The first-order chi connectivity index (χ1) is 14.1. The number of ketones is 1. The minimum Gasteiger partial charge on any atom is -0.468 e. The van der Waals surface area contributed by atoms with Crippen molar-refractivity contribution in [1.29, 1.82) is 0 Å². The maximum Gasteiger partial charge on any atom is 0.407 e. The summed E-state index contributed by atoms with van der Waals surface area (Å²) in [5.41, 5.74) is 0.0419. The van der Waals surface area contributed by atoms with E-state index in [1.54, 1.807) is 24.3 Å². The van der Waals surface area contributed by atoms with E-state index in [0.717, 1.165) is 12.0 Å². The molecule has 1 N–H and O–H groups in total. The first-order valence-corrected chi connectivity index (χ1v) is 9.72. The van der Waals surface area contributed by atoms with Gasteiger partial charge in [0.15, 0.2) is 11.2 Å². The van der Waals surface area contributed by atoms with Gasteiger partial charge in [-0.25, -0.2) is 4.79 Å². The van der Waals surface area contributed by atoms with Gasteiger partial charge >= 0.3 is 12.1 Å². The van der Waals surface area contributed by atoms with Crippen LogP contribution in [0.5, 0.6) is 0 Å². The van der Waals surface area contributed by atoms with Crippen molar-refractivity contribution in [2.75, 3.05) is 7.11 Å². The number of hydrogen-bond acceptors (Lipinski definition) is 5. The number of methoxy groups -OCH3 is 1. The lowest BCUT2D eigenvalue weighted by atomic mass is 9.66. The summed E-state index contributed by atoms with van der Waals surface area (Å²) in [5.74, 6) is -0.841. The summed E-state index contributed by atoms with van der Waals surface area (Å²) in [6.07, 6.45) is 1.32. The number of carbonyl (C=O) groups excluding carboxylic acids is 3. The van der Waals surface area contributed by atoms with E-state index in [4.69, 9.17) is 9.47 Å². The Morgan fingerprint density at radius 1 is 1.03 bits per heavy atom. The molecule has 152 valence electrons. The Morgan fingerprint density at radius 2 is 1.69 bits per heavy atom. The normalized spacial score (nSPS) is 19.8. The highest BCUT2D eigenvalue weighted by Crippen LogP contribution is 2.45. The molecule has 2 aromatic rings. The first kappa shape index (κ1) is 20.6. The molecule has 0 bridgehead atoms. The molecule has 1 saturated carbocycles. The third-order valence-corrected chi connectivity index (χ3v) is 5.37. The second-order valence-corrected chi connectivity index (χ2v) is 7.14. The van der Waals surface area contributed by atoms with E-state index in [1.165, 1.54) is 7.11 Å². The molecule has 2 unspecified atom stereocenters. The maximum atomic E-state index is 13.0. The number of esters is 1. The van der Waals surface area contributed by atoms with Crippen LogP contribution in [0.1, 0.15) is 42.9 Å². The molecule has 3 rings (SSSR count). The number of rotatable bonds is 6. The predicted octanol–water partition coefficient (Wildman–Crippen LogP) is 3.96. The van der Waals surface area contributed by atoms with Crippen molar-refractivity contribution in [2.45, 2.75) is 38.3 Å². The monoisotopic (exact) mass is 395 g/mol. The molecule has 1 amide bonds. The van der Waals surface area contributed by atoms with E-state index in [-0.39, 0.29) is 18.8 Å². The van der Waals surface area contributed by atoms with Crippen molar-refractivity contribution >= 4 is 17.8 Å². The van der Waals surface area contributed by atoms with E-state index < -0.39 is 23.5 Å². The van der Waals surface area contributed by atoms with Gasteiger partial charge in [0.25, 0.3) is 0 Å². The standard InChI is InChI=1S/C23H25NO5/c1-28-21(26)23(15-9-8-14-19(23)25)20(18-12-6-3-7-13-18)24-22(27)29-16-17-10-4-2-5-11-17/h2-7,10-13,20H,8-9,14-16H2,1H3,(H,24,27). The van der Waals surface area contributed by atoms with Crippen LogP contribution in [0.3, 0.4) is 0 Å². The zero-order chi connectivity index (χ0) is 20.7. The Bertz CT molecular complexity index is 842. The number of Topliss-reactive ketones (excluding diaryl/α,β-unsaturated/α-hetero) is 1. The first-order valence-electron chi connectivity index (χ1n) is 9.72. The van der Waals surface area contributed by atoms with Crippen LogP contribution in [0, 0.1) is 5.41 Å². The molecule has 0 radical (unpaired) electrons. The minimum atomic E-state index is -1.46. The van der Waals surface area contributed by atoms with Gasteiger partial charge < -0.3 is 14.8 Å². The topological polar surface area (TPSA) is 81.7 Å². The number of ether oxygens (including phenoxy) is 2. The van der Waals surface area contributed by atoms with Gasteiger partial charge in [0.05, 0.1) is 13.2 Å². The minimum absolute atomic E-state index is 0.0906. The van der Waals surface area contributed by atoms with E-state index in [9.17, 15) is 14.4 Å². The molecule has 0 aliphatic heterocycles. The van der Waals surface area contributed by atoms with Crippen LogP contribution >= 0.6 is 0 Å². The van der Waals surface area contributed by atoms with Crippen LogP contribution in [0.15, 0.2) is 60.7 Å². The van der Waals surface area contributed by atoms with E-state index in [1.807, 2.05) is 36.4 Å². The number of benzene rings is 2. The summed E-state index contributed by atoms with van der Waals surface area (Å²) < 4.78 is 10.4. The van der Waals surface area contributed by atoms with Gasteiger partial charge in [-0.2, -0.15) is 0 Å². The van der Waals surface area contributed by atoms with E-state index in [0.29, 0.717) is 18.4 Å². The summed E-state index contributed by atoms with van der Waals surface area (Å²) >= 11 is 0. The highest BCUT2D eigenvalue weighted by molar-refractivity contribution is 6.05. The fraction of sp³-hybridized carbons (Fsp3) is 0.348. The van der Waals surface area contributed by atoms with Crippen molar-refractivity contribution in [3.8, 4) is 0 Å². The van der Waals surface area contributed by atoms with Crippen LogP contribution in [0.4, 0.5) is 4.79 Å². The Labute approximate surface area is 170 Å². The lowest BCUT2D eigenvalue weighted by Gasteiger charge is -2.39. The smallest absolute Gasteiger partial charge is 0.407 e. The summed E-state index contributed by atoms with van der Waals surface area (Å²) in [6, 6.07) is 17.4. The Hall–Kier alpha value is -3.15. The summed E-state index contributed by atoms with van der Waals surface area (Å²) in [5, 5.41) is 2.78. The van der Waals surface area contributed by atoms with Crippen molar-refractivity contribution in [3.05, 3.63) is 71.8 Å². The zero-order valence-electron chi connectivity index (χ0n) is 16.4. The number of alkyl carbamates (subject to hydrolysis) is 1. The second-order valence-electron chi connectivity index (χ2n) is 7.14. The van der Waals surface area contributed by atoms with E-state index in [2.05, 4.69) is 5.32 Å². The lowest BCUT2D eigenvalue weighted by Crippen LogP contribution is -2.52. The Kier molecular flexibility index (Phi) is 6.65. The average Bonchev–Trinajstić information content (AvgIpc) is 2.77. The molecule has 0 heterocycles. The maximum absolute atomic E-state index is 13.0. The molecule has 2 atom stereocenters. The third kappa shape index (κ3) is 4.47. The highest BCUT2D eigenvalue weighted by atomic mass is 16.5. The molecule has 6 nitrogen and oxygen atoms in total. The summed E-state index contributed by atoms with van der Waals surface area (Å²) in [4.78, 5) is 38.4. The lowest BCUT2D eigenvalue weighted by molar-refractivity contribution is -0.162. The third-order valence-electron chi connectivity index (χ3n) is 5.37. The van der Waals surface area contributed by atoms with Crippen molar-refractivity contribution in [3.63, 3.8) is 0 Å². The number of amides is 1. The molecule has 0 spiro atoms. The van der Waals surface area contributed by atoms with E-state index >= 15 is 0 Å². The molecular weight excluding hydrogens is 370 g/mol. The number of carbonyl (C=O) groups is 3. The summed E-state index contributed by atoms with van der Waals surface area (Å²) in [7, 11) is 1.27. The molecule has 0 aromatic heterocycles. The van der Waals surface area contributed by atoms with Gasteiger partial charge in [0, 0.05) is 6.42 Å². The van der Waals surface area contributed by atoms with Gasteiger partial charge in [0.2, 0.25) is 0 Å². The predicted molar refractivity (Wildman–Crippen MR) is 107 cm³/mol. The largest absolute Gasteiger partial charge is 0.468 e. The van der Waals surface area contributed by atoms with Crippen LogP contribution in [-0.4, -0.2) is 25.0 Å². The molecule has 0 saturated heterocycles. The average molecular weight is 395 g/mol. The quantitative estimate of drug-likeness (QED) is 0.591. The molecule has 1 aliphatic rings. The molecule has 29 heavy (non-hydrogen) atoms. The van der Waals surface area contributed by atoms with Crippen LogP contribution in [0.2, 0.25) is 0 Å². The zero-order valence-corrected chi connectivity index (χ0v) is 16.4. The Morgan fingerprint density at radius 3 is 2.31 bits per heavy atom. The van der Waals surface area contributed by atoms with Crippen LogP contribution < -0.4 is 5.32 Å². The molecular formula is C23H25NO5. The molecule has 2 aromatic carbocycles. The van der Waals surface area contributed by atoms with Crippen molar-refractivity contribution < 1.29 is 23.9 Å². The van der Waals surface area contributed by atoms with Crippen molar-refractivity contribution in [1.82, 2.24) is 5.32 Å². The second kappa shape index (κ2) is 9.37. The molecule has 1 fully saturated rings. The van der Waals surface area contributed by atoms with Gasteiger partial charge in [-0.3, -0.25) is 9.59 Å². The van der Waals surface area contributed by atoms with Gasteiger partial charge in [-0.15, -0.1) is 0 Å². The molecule has 6 heteroatoms. The van der Waals surface area contributed by atoms with Gasteiger partial charge in [-0.05, 0) is 24.0 Å². The molecule has 1 aliphatic carbocycles. The fourth-order valence-electron chi connectivity index (χ4n) is 3.89. The Balaban J connectivity index is 1.88. The van der Waals surface area contributed by atoms with Crippen LogP contribution in [-0.2, 0) is 25.7 Å². The van der Waals surface area contributed by atoms with Crippen LogP contribution in [0.25, 0.3) is 0 Å². The van der Waals surface area contributed by atoms with Crippen molar-refractivity contribution in [2.24, 2.45) is 5.41 Å². The van der Waals surface area contributed by atoms with Gasteiger partial charge in [0.1, 0.15) is 6.61 Å². The highest BCUT2D eigenvalue weighted by Gasteiger charge is 2.54. The van der Waals surface area contributed by atoms with Gasteiger partial charge in [-0.1, -0.05) is 67.1 Å². The number of hydrogen-bond donors (Lipinski definition) is 1. The SMILES string of the molecule is COC(=O)C1(C(NC(=O)OCc2ccccc2)c2ccccc2)CCCCC1=O. The number of nitrogens with one attached hydrogen (secondary N) is 1. The fourth-order valence-corrected chi connectivity index (χ4v) is 3.89.